The van der Waals surface area contributed by atoms with E-state index in [0.29, 0.717) is 23.2 Å². The Morgan fingerprint density at radius 2 is 1.95 bits per heavy atom. The number of aliphatic hydroxyl groups is 1. The first-order chi connectivity index (χ1) is 10.2. The van der Waals surface area contributed by atoms with Gasteiger partial charge in [0.1, 0.15) is 4.47 Å². The van der Waals surface area contributed by atoms with Crippen LogP contribution in [0.3, 0.4) is 0 Å². The molecule has 0 amide bonds. The Labute approximate surface area is 130 Å². The van der Waals surface area contributed by atoms with Crippen LogP contribution in [0.5, 0.6) is 0 Å². The normalized spacial score (nSPS) is 10.6. The van der Waals surface area contributed by atoms with Gasteiger partial charge in [-0.15, -0.1) is 0 Å². The Bertz CT molecular complexity index is 655. The maximum absolute atomic E-state index is 12.0. The minimum atomic E-state index is -0.271. The number of hydrogen-bond acceptors (Lipinski definition) is 5. The highest BCUT2D eigenvalue weighted by atomic mass is 79.9. The van der Waals surface area contributed by atoms with E-state index < -0.39 is 0 Å². The molecule has 1 aromatic carbocycles. The summed E-state index contributed by atoms with van der Waals surface area (Å²) in [6, 6.07) is 7.93. The Morgan fingerprint density at radius 1 is 1.29 bits per heavy atom. The molecule has 1 heterocycles. The Balaban J connectivity index is 2.09. The Kier molecular flexibility index (Phi) is 5.49. The predicted molar refractivity (Wildman–Crippen MR) is 84.9 cm³/mol. The molecule has 0 unspecified atom stereocenters. The van der Waals surface area contributed by atoms with Gasteiger partial charge >= 0.3 is 0 Å². The lowest BCUT2D eigenvalue weighted by atomic mass is 10.1. The lowest BCUT2D eigenvalue weighted by Gasteiger charge is -2.10. The maximum atomic E-state index is 12.0. The van der Waals surface area contributed by atoms with Crippen molar-refractivity contribution in [1.82, 2.24) is 9.78 Å². The van der Waals surface area contributed by atoms with Gasteiger partial charge in [0, 0.05) is 13.1 Å². The van der Waals surface area contributed by atoms with Gasteiger partial charge in [0.25, 0.3) is 5.56 Å². The fourth-order valence-corrected chi connectivity index (χ4v) is 2.28. The molecule has 0 saturated heterocycles. The Morgan fingerprint density at radius 3 is 2.57 bits per heavy atom. The zero-order valence-corrected chi connectivity index (χ0v) is 13.0. The number of aliphatic hydroxyl groups excluding tert-OH is 1. The zero-order chi connectivity index (χ0) is 15.2. The van der Waals surface area contributed by atoms with Crippen LogP contribution in [0, 0.1) is 0 Å². The second kappa shape index (κ2) is 7.35. The van der Waals surface area contributed by atoms with E-state index in [0.717, 1.165) is 11.1 Å². The fourth-order valence-electron chi connectivity index (χ4n) is 1.83. The summed E-state index contributed by atoms with van der Waals surface area (Å²) in [7, 11) is 0. The summed E-state index contributed by atoms with van der Waals surface area (Å²) in [6.07, 6.45) is 1.56. The van der Waals surface area contributed by atoms with Crippen LogP contribution in [-0.2, 0) is 19.6 Å². The van der Waals surface area contributed by atoms with Gasteiger partial charge in [0.2, 0.25) is 0 Å². The van der Waals surface area contributed by atoms with E-state index in [1.807, 2.05) is 24.3 Å². The number of anilines is 1. The largest absolute Gasteiger partial charge is 0.394 e. The summed E-state index contributed by atoms with van der Waals surface area (Å²) in [5, 5.41) is 16.0. The van der Waals surface area contributed by atoms with Gasteiger partial charge in [-0.1, -0.05) is 24.3 Å². The molecule has 0 spiro atoms. The highest BCUT2D eigenvalue weighted by molar-refractivity contribution is 9.10. The quantitative estimate of drug-likeness (QED) is 0.722. The first-order valence-electron chi connectivity index (χ1n) is 6.54. The van der Waals surface area contributed by atoms with E-state index in [9.17, 15) is 4.79 Å². The smallest absolute Gasteiger partial charge is 0.283 e. The minimum Gasteiger partial charge on any atom is -0.394 e. The van der Waals surface area contributed by atoms with Crippen molar-refractivity contribution in [3.63, 3.8) is 0 Å². The molecule has 6 nitrogen and oxygen atoms in total. The second-order valence-corrected chi connectivity index (χ2v) is 5.29. The van der Waals surface area contributed by atoms with Gasteiger partial charge in [-0.2, -0.15) is 5.10 Å². The molecule has 4 N–H and O–H groups in total. The van der Waals surface area contributed by atoms with Gasteiger partial charge in [0.05, 0.1) is 25.0 Å². The number of rotatable bonds is 6. The topological polar surface area (TPSA) is 93.2 Å². The average molecular weight is 353 g/mol. The van der Waals surface area contributed by atoms with Gasteiger partial charge in [-0.05, 0) is 27.1 Å². The molecule has 0 bridgehead atoms. The monoisotopic (exact) mass is 352 g/mol. The lowest BCUT2D eigenvalue weighted by Crippen LogP contribution is -2.25. The summed E-state index contributed by atoms with van der Waals surface area (Å²) in [5.41, 5.74) is 8.07. The number of nitrogens with two attached hydrogens (primary N) is 1. The van der Waals surface area contributed by atoms with Crippen molar-refractivity contribution >= 4 is 21.6 Å². The van der Waals surface area contributed by atoms with Crippen LogP contribution in [0.15, 0.2) is 39.7 Å². The van der Waals surface area contributed by atoms with Crippen LogP contribution >= 0.6 is 15.9 Å². The van der Waals surface area contributed by atoms with E-state index in [1.54, 1.807) is 6.20 Å². The molecule has 0 aliphatic rings. The van der Waals surface area contributed by atoms with E-state index in [1.165, 1.54) is 4.68 Å². The molecule has 1 aromatic heterocycles. The fraction of sp³-hybridized carbons (Fsp3) is 0.286. The first-order valence-corrected chi connectivity index (χ1v) is 7.33. The second-order valence-electron chi connectivity index (χ2n) is 4.50. The summed E-state index contributed by atoms with van der Waals surface area (Å²) in [5.74, 6) is 0. The van der Waals surface area contributed by atoms with Crippen LogP contribution in [-0.4, -0.2) is 21.5 Å². The summed E-state index contributed by atoms with van der Waals surface area (Å²) < 4.78 is 1.62. The van der Waals surface area contributed by atoms with E-state index in [-0.39, 0.29) is 18.7 Å². The Hall–Kier alpha value is -1.70. The van der Waals surface area contributed by atoms with Crippen molar-refractivity contribution in [3.8, 4) is 0 Å². The molecular formula is C14H17BrN4O2. The number of aromatic nitrogens is 2. The van der Waals surface area contributed by atoms with Crippen LogP contribution in [0.4, 0.5) is 5.69 Å². The number of nitrogens with zero attached hydrogens (tertiary/aromatic N) is 2. The van der Waals surface area contributed by atoms with Crippen molar-refractivity contribution in [3.05, 3.63) is 56.4 Å². The van der Waals surface area contributed by atoms with Crippen molar-refractivity contribution in [1.29, 1.82) is 0 Å². The van der Waals surface area contributed by atoms with Crippen molar-refractivity contribution in [2.45, 2.75) is 19.6 Å². The van der Waals surface area contributed by atoms with Crippen LogP contribution in [0.1, 0.15) is 11.1 Å². The van der Waals surface area contributed by atoms with Crippen molar-refractivity contribution in [2.75, 3.05) is 11.9 Å². The van der Waals surface area contributed by atoms with Crippen LogP contribution < -0.4 is 16.6 Å². The van der Waals surface area contributed by atoms with E-state index in [2.05, 4.69) is 26.3 Å². The third-order valence-corrected chi connectivity index (χ3v) is 3.80. The molecule has 0 radical (unpaired) electrons. The van der Waals surface area contributed by atoms with Crippen molar-refractivity contribution in [2.24, 2.45) is 5.73 Å². The van der Waals surface area contributed by atoms with E-state index in [4.69, 9.17) is 10.8 Å². The highest BCUT2D eigenvalue weighted by Crippen LogP contribution is 2.17. The molecule has 0 atom stereocenters. The van der Waals surface area contributed by atoms with Crippen LogP contribution in [0.25, 0.3) is 0 Å². The van der Waals surface area contributed by atoms with Crippen molar-refractivity contribution < 1.29 is 5.11 Å². The number of benzene rings is 1. The predicted octanol–water partition coefficient (Wildman–Crippen LogP) is 1.07. The third kappa shape index (κ3) is 3.90. The number of halogens is 1. The highest BCUT2D eigenvalue weighted by Gasteiger charge is 2.08. The minimum absolute atomic E-state index is 0.125. The standard InChI is InChI=1S/C14H17BrN4O2/c15-13-12(9-18-19(5-6-20)14(13)21)17-8-11-3-1-10(7-16)2-4-11/h1-4,9,17,20H,5-8,16H2. The lowest BCUT2D eigenvalue weighted by molar-refractivity contribution is 0.266. The third-order valence-electron chi connectivity index (χ3n) is 3.04. The molecule has 0 aliphatic heterocycles. The van der Waals surface area contributed by atoms with Gasteiger partial charge in [-0.25, -0.2) is 4.68 Å². The molecule has 0 saturated carbocycles. The van der Waals surface area contributed by atoms with Gasteiger partial charge in [-0.3, -0.25) is 4.79 Å². The molecular weight excluding hydrogens is 336 g/mol. The summed E-state index contributed by atoms with van der Waals surface area (Å²) in [6.45, 7) is 1.15. The number of hydrogen-bond donors (Lipinski definition) is 3. The SMILES string of the molecule is NCc1ccc(CNc2cnn(CCO)c(=O)c2Br)cc1. The molecule has 0 aliphatic carbocycles. The average Bonchev–Trinajstić information content (AvgIpc) is 2.52. The summed E-state index contributed by atoms with van der Waals surface area (Å²) >= 11 is 3.26. The molecule has 2 aromatic rings. The summed E-state index contributed by atoms with van der Waals surface area (Å²) in [4.78, 5) is 12.0. The number of nitrogens with one attached hydrogen (secondary N) is 1. The van der Waals surface area contributed by atoms with Gasteiger partial charge < -0.3 is 16.2 Å². The van der Waals surface area contributed by atoms with Crippen LogP contribution in [0.2, 0.25) is 0 Å². The van der Waals surface area contributed by atoms with Gasteiger partial charge in [0.15, 0.2) is 0 Å². The molecule has 0 fully saturated rings. The molecule has 2 rings (SSSR count). The molecule has 112 valence electrons. The maximum Gasteiger partial charge on any atom is 0.283 e. The first kappa shape index (κ1) is 15.7. The van der Waals surface area contributed by atoms with E-state index >= 15 is 0 Å². The molecule has 7 heteroatoms. The molecule has 21 heavy (non-hydrogen) atoms. The zero-order valence-electron chi connectivity index (χ0n) is 11.4.